The molecule has 27 heavy (non-hydrogen) atoms. The first-order valence-electron chi connectivity index (χ1n) is 9.16. The SMILES string of the molecule is Cc1ccc(NC(=O)Cn2cc(COc3ccc4c(c3)CCC4)nn2)cc1. The molecule has 0 radical (unpaired) electrons. The van der Waals surface area contributed by atoms with Crippen molar-refractivity contribution in [2.75, 3.05) is 5.32 Å². The van der Waals surface area contributed by atoms with Crippen LogP contribution in [-0.2, 0) is 30.8 Å². The van der Waals surface area contributed by atoms with Gasteiger partial charge in [0.25, 0.3) is 0 Å². The molecule has 0 saturated carbocycles. The van der Waals surface area contributed by atoms with E-state index >= 15 is 0 Å². The van der Waals surface area contributed by atoms with Crippen molar-refractivity contribution < 1.29 is 9.53 Å². The number of aromatic nitrogens is 3. The van der Waals surface area contributed by atoms with Gasteiger partial charge < -0.3 is 10.1 Å². The zero-order valence-corrected chi connectivity index (χ0v) is 15.3. The Morgan fingerprint density at radius 3 is 2.81 bits per heavy atom. The lowest BCUT2D eigenvalue weighted by Gasteiger charge is -2.06. The summed E-state index contributed by atoms with van der Waals surface area (Å²) in [4.78, 5) is 12.1. The predicted octanol–water partition coefficient (Wildman–Crippen LogP) is 3.29. The quantitative estimate of drug-likeness (QED) is 0.730. The van der Waals surface area contributed by atoms with Crippen LogP contribution in [-0.4, -0.2) is 20.9 Å². The third-order valence-corrected chi connectivity index (χ3v) is 4.68. The molecule has 0 bridgehead atoms. The highest BCUT2D eigenvalue weighted by atomic mass is 16.5. The lowest BCUT2D eigenvalue weighted by atomic mass is 10.1. The lowest BCUT2D eigenvalue weighted by Crippen LogP contribution is -2.19. The maximum Gasteiger partial charge on any atom is 0.246 e. The average Bonchev–Trinajstić information content (AvgIpc) is 3.30. The number of nitrogens with one attached hydrogen (secondary N) is 1. The standard InChI is InChI=1S/C21H22N4O2/c1-15-5-8-18(9-6-15)22-21(26)13-25-12-19(23-24-25)14-27-20-10-7-16-3-2-4-17(16)11-20/h5-12H,2-4,13-14H2,1H3,(H,22,26). The predicted molar refractivity (Wildman–Crippen MR) is 103 cm³/mol. The monoisotopic (exact) mass is 362 g/mol. The number of fused-ring (bicyclic) bond motifs is 1. The highest BCUT2D eigenvalue weighted by Crippen LogP contribution is 2.26. The van der Waals surface area contributed by atoms with Gasteiger partial charge in [0.1, 0.15) is 24.6 Å². The molecule has 3 aromatic rings. The largest absolute Gasteiger partial charge is 0.487 e. The number of ether oxygens (including phenoxy) is 1. The fraction of sp³-hybridized carbons (Fsp3) is 0.286. The molecule has 0 saturated heterocycles. The van der Waals surface area contributed by atoms with Gasteiger partial charge in [0.15, 0.2) is 0 Å². The van der Waals surface area contributed by atoms with E-state index in [1.165, 1.54) is 22.2 Å². The lowest BCUT2D eigenvalue weighted by molar-refractivity contribution is -0.116. The number of carbonyl (C=O) groups excluding carboxylic acids is 1. The summed E-state index contributed by atoms with van der Waals surface area (Å²) in [5, 5.41) is 10.9. The number of carbonyl (C=O) groups is 1. The molecular formula is C21H22N4O2. The Morgan fingerprint density at radius 1 is 1.15 bits per heavy atom. The van der Waals surface area contributed by atoms with E-state index < -0.39 is 0 Å². The second kappa shape index (κ2) is 7.61. The Kier molecular flexibility index (Phi) is 4.87. The van der Waals surface area contributed by atoms with Gasteiger partial charge in [0.2, 0.25) is 5.91 Å². The van der Waals surface area contributed by atoms with Gasteiger partial charge >= 0.3 is 0 Å². The molecule has 6 nitrogen and oxygen atoms in total. The Morgan fingerprint density at radius 2 is 1.96 bits per heavy atom. The summed E-state index contributed by atoms with van der Waals surface area (Å²) in [6.45, 7) is 2.45. The topological polar surface area (TPSA) is 69.0 Å². The minimum Gasteiger partial charge on any atom is -0.487 e. The fourth-order valence-corrected chi connectivity index (χ4v) is 3.26. The molecule has 0 spiro atoms. The van der Waals surface area contributed by atoms with Crippen LogP contribution in [0.25, 0.3) is 0 Å². The highest BCUT2D eigenvalue weighted by Gasteiger charge is 2.12. The molecular weight excluding hydrogens is 340 g/mol. The smallest absolute Gasteiger partial charge is 0.246 e. The van der Waals surface area contributed by atoms with E-state index in [2.05, 4.69) is 27.8 Å². The molecule has 1 N–H and O–H groups in total. The van der Waals surface area contributed by atoms with Crippen molar-refractivity contribution in [1.82, 2.24) is 15.0 Å². The van der Waals surface area contributed by atoms with Crippen molar-refractivity contribution in [2.45, 2.75) is 39.3 Å². The summed E-state index contributed by atoms with van der Waals surface area (Å²) >= 11 is 0. The molecule has 0 fully saturated rings. The van der Waals surface area contributed by atoms with Crippen LogP contribution in [0, 0.1) is 6.92 Å². The van der Waals surface area contributed by atoms with E-state index in [0.717, 1.165) is 29.8 Å². The minimum atomic E-state index is -0.144. The third-order valence-electron chi connectivity index (χ3n) is 4.68. The first-order valence-corrected chi connectivity index (χ1v) is 9.16. The maximum absolute atomic E-state index is 12.1. The van der Waals surface area contributed by atoms with Gasteiger partial charge in [0, 0.05) is 5.69 Å². The first-order chi connectivity index (χ1) is 13.2. The Hall–Kier alpha value is -3.15. The van der Waals surface area contributed by atoms with Crippen molar-refractivity contribution in [3.63, 3.8) is 0 Å². The number of anilines is 1. The molecule has 138 valence electrons. The number of benzene rings is 2. The summed E-state index contributed by atoms with van der Waals surface area (Å²) in [6, 6.07) is 13.9. The number of hydrogen-bond donors (Lipinski definition) is 1. The molecule has 0 aliphatic heterocycles. The molecule has 1 aliphatic carbocycles. The van der Waals surface area contributed by atoms with Crippen molar-refractivity contribution in [1.29, 1.82) is 0 Å². The van der Waals surface area contributed by atoms with E-state index in [0.29, 0.717) is 12.3 Å². The van der Waals surface area contributed by atoms with Crippen molar-refractivity contribution >= 4 is 11.6 Å². The maximum atomic E-state index is 12.1. The van der Waals surface area contributed by atoms with Crippen LogP contribution in [0.1, 0.15) is 28.8 Å². The summed E-state index contributed by atoms with van der Waals surface area (Å²) < 4.78 is 7.34. The number of hydrogen-bond acceptors (Lipinski definition) is 4. The molecule has 6 heteroatoms. The van der Waals surface area contributed by atoms with Gasteiger partial charge in [-0.2, -0.15) is 0 Å². The second-order valence-corrected chi connectivity index (χ2v) is 6.89. The van der Waals surface area contributed by atoms with Gasteiger partial charge in [0.05, 0.1) is 6.20 Å². The van der Waals surface area contributed by atoms with Crippen LogP contribution in [0.3, 0.4) is 0 Å². The minimum absolute atomic E-state index is 0.111. The summed E-state index contributed by atoms with van der Waals surface area (Å²) in [5.74, 6) is 0.706. The van der Waals surface area contributed by atoms with E-state index in [9.17, 15) is 4.79 Å². The van der Waals surface area contributed by atoms with Gasteiger partial charge in [-0.25, -0.2) is 4.68 Å². The van der Waals surface area contributed by atoms with Crippen LogP contribution in [0.2, 0.25) is 0 Å². The number of aryl methyl sites for hydroxylation is 3. The zero-order valence-electron chi connectivity index (χ0n) is 15.3. The first kappa shape index (κ1) is 17.3. The van der Waals surface area contributed by atoms with Gasteiger partial charge in [-0.3, -0.25) is 4.79 Å². The summed E-state index contributed by atoms with van der Waals surface area (Å²) in [6.07, 6.45) is 5.24. The van der Waals surface area contributed by atoms with Gasteiger partial charge in [-0.15, -0.1) is 5.10 Å². The Balaban J connectivity index is 1.30. The molecule has 1 heterocycles. The number of nitrogens with zero attached hydrogens (tertiary/aromatic N) is 3. The van der Waals surface area contributed by atoms with Gasteiger partial charge in [-0.05, 0) is 61.6 Å². The normalized spacial score (nSPS) is 12.6. The summed E-state index contributed by atoms with van der Waals surface area (Å²) in [7, 11) is 0. The number of amides is 1. The molecule has 0 atom stereocenters. The molecule has 1 aliphatic rings. The summed E-state index contributed by atoms with van der Waals surface area (Å²) in [5.41, 5.74) is 5.42. The second-order valence-electron chi connectivity index (χ2n) is 6.89. The Labute approximate surface area is 158 Å². The van der Waals surface area contributed by atoms with E-state index in [4.69, 9.17) is 4.74 Å². The van der Waals surface area contributed by atoms with Crippen LogP contribution in [0.5, 0.6) is 5.75 Å². The average molecular weight is 362 g/mol. The number of rotatable bonds is 6. The third kappa shape index (κ3) is 4.34. The van der Waals surface area contributed by atoms with E-state index in [1.54, 1.807) is 6.20 Å². The highest BCUT2D eigenvalue weighted by molar-refractivity contribution is 5.90. The van der Waals surface area contributed by atoms with Crippen molar-refractivity contribution in [3.8, 4) is 5.75 Å². The Bertz CT molecular complexity index is 947. The zero-order chi connectivity index (χ0) is 18.6. The van der Waals surface area contributed by atoms with Crippen LogP contribution < -0.4 is 10.1 Å². The molecule has 2 aromatic carbocycles. The van der Waals surface area contributed by atoms with Crippen LogP contribution in [0.15, 0.2) is 48.7 Å². The molecule has 0 unspecified atom stereocenters. The molecule has 1 amide bonds. The molecule has 1 aromatic heterocycles. The molecule has 4 rings (SSSR count). The van der Waals surface area contributed by atoms with Crippen molar-refractivity contribution in [3.05, 3.63) is 71.0 Å². The van der Waals surface area contributed by atoms with Crippen LogP contribution >= 0.6 is 0 Å². The van der Waals surface area contributed by atoms with E-state index in [-0.39, 0.29) is 12.5 Å². The van der Waals surface area contributed by atoms with Crippen molar-refractivity contribution in [2.24, 2.45) is 0 Å². The van der Waals surface area contributed by atoms with Crippen LogP contribution in [0.4, 0.5) is 5.69 Å². The fourth-order valence-electron chi connectivity index (χ4n) is 3.26. The van der Waals surface area contributed by atoms with Gasteiger partial charge in [-0.1, -0.05) is 29.0 Å². The van der Waals surface area contributed by atoms with E-state index in [1.807, 2.05) is 37.3 Å².